The molecule has 4 N–H and O–H groups in total. The van der Waals surface area contributed by atoms with E-state index in [9.17, 15) is 4.79 Å². The predicted molar refractivity (Wildman–Crippen MR) is 164 cm³/mol. The third-order valence-corrected chi connectivity index (χ3v) is 6.86. The van der Waals surface area contributed by atoms with Crippen LogP contribution in [-0.2, 0) is 6.54 Å². The van der Waals surface area contributed by atoms with Gasteiger partial charge in [0.2, 0.25) is 5.95 Å². The summed E-state index contributed by atoms with van der Waals surface area (Å²) in [5.41, 5.74) is 5.96. The number of anilines is 3. The van der Waals surface area contributed by atoms with Crippen molar-refractivity contribution in [3.63, 3.8) is 0 Å². The maximum atomic E-state index is 13.0. The first-order valence-electron chi connectivity index (χ1n) is 13.9. The molecule has 0 saturated carbocycles. The minimum absolute atomic E-state index is 0.163. The average molecular weight is 703 g/mol. The first-order chi connectivity index (χ1) is 21.0. The molecular formula is C30H35IN7O3S-. The van der Waals surface area contributed by atoms with Crippen molar-refractivity contribution in [1.29, 1.82) is 1.12 Å². The van der Waals surface area contributed by atoms with Gasteiger partial charge in [-0.05, 0) is 60.5 Å². The van der Waals surface area contributed by atoms with Gasteiger partial charge >= 0.3 is 34.5 Å². The summed E-state index contributed by atoms with van der Waals surface area (Å²) in [4.78, 5) is 30.8. The standard InChI is InChI=1S/C30H33N7O2.H2IOS/c1-22-4-9-26(19-28(22)35-30-32-12-10-27(34-30)25-3-2-11-31-20-25)33-29(39)24-7-5-23(6-8-24)21-37-15-13-36(14-16-37)17-18-38;2-1-3/h2-12,19-20,38H,13-18,21H2,1H3,(H,33,39)(H,32,34,35);2-3H/q;-1/i;3T. The van der Waals surface area contributed by atoms with Crippen LogP contribution in [0.5, 0.6) is 0 Å². The normalized spacial score (nSPS) is 14.0. The quantitative estimate of drug-likeness (QED) is 0.121. The van der Waals surface area contributed by atoms with Gasteiger partial charge < -0.3 is 15.7 Å². The summed E-state index contributed by atoms with van der Waals surface area (Å²) in [6.07, 6.45) is 5.20. The van der Waals surface area contributed by atoms with Gasteiger partial charge in [-0.2, -0.15) is 0 Å². The van der Waals surface area contributed by atoms with E-state index in [0.717, 1.165) is 71.5 Å². The van der Waals surface area contributed by atoms with Crippen LogP contribution in [0.3, 0.4) is 0 Å². The Labute approximate surface area is 262 Å². The van der Waals surface area contributed by atoms with Gasteiger partial charge in [-0.25, -0.2) is 9.97 Å². The van der Waals surface area contributed by atoms with Crippen LogP contribution in [-0.4, -0.2) is 79.7 Å². The van der Waals surface area contributed by atoms with E-state index in [1.54, 1.807) is 18.6 Å². The molecule has 1 saturated heterocycles. The van der Waals surface area contributed by atoms with E-state index in [2.05, 4.69) is 35.4 Å². The number of hydrogen-bond acceptors (Lipinski definition) is 10. The van der Waals surface area contributed by atoms with Crippen molar-refractivity contribution < 1.29 is 33.6 Å². The van der Waals surface area contributed by atoms with Crippen LogP contribution in [0, 0.1) is 6.92 Å². The van der Waals surface area contributed by atoms with Crippen molar-refractivity contribution in [1.82, 2.24) is 24.8 Å². The van der Waals surface area contributed by atoms with E-state index in [1.807, 2.05) is 67.6 Å². The number of thiol groups is 1. The van der Waals surface area contributed by atoms with E-state index in [-0.39, 0.29) is 12.5 Å². The number of rotatable bonds is 10. The van der Waals surface area contributed by atoms with Gasteiger partial charge in [0, 0.05) is 80.4 Å². The Morgan fingerprint density at radius 2 is 1.83 bits per heavy atom. The Bertz CT molecular complexity index is 1440. The molecule has 0 radical (unpaired) electrons. The van der Waals surface area contributed by atoms with Gasteiger partial charge in [0.1, 0.15) is 0 Å². The van der Waals surface area contributed by atoms with Crippen LogP contribution in [0.1, 0.15) is 21.5 Å². The maximum absolute atomic E-state index is 13.0. The van der Waals surface area contributed by atoms with Gasteiger partial charge in [-0.1, -0.05) is 18.2 Å². The number of aliphatic hydroxyl groups is 1. The zero-order chi connectivity index (χ0) is 30.4. The third-order valence-electron chi connectivity index (χ3n) is 6.86. The number of amides is 1. The van der Waals surface area contributed by atoms with Crippen molar-refractivity contribution in [3.8, 4) is 11.3 Å². The molecule has 10 nitrogen and oxygen atoms in total. The molecule has 0 unspecified atom stereocenters. The number of aromatic nitrogens is 3. The molecule has 2 aromatic heterocycles. The topological polar surface area (TPSA) is 127 Å². The van der Waals surface area contributed by atoms with E-state index in [4.69, 9.17) is 9.67 Å². The van der Waals surface area contributed by atoms with Gasteiger partial charge in [0.25, 0.3) is 5.91 Å². The fourth-order valence-corrected chi connectivity index (χ4v) is 4.58. The van der Waals surface area contributed by atoms with E-state index in [0.29, 0.717) is 17.2 Å². The SMILES string of the molecule is Cc1ccc(NC(=O)c2ccc(CN3CCN(CCO)CC3)cc2)cc1Nc1nccc(-c2cccnc2)n1.[3H]S[I-]O. The second-order valence-corrected chi connectivity index (χ2v) is 11.0. The van der Waals surface area contributed by atoms with Crippen LogP contribution < -0.4 is 30.9 Å². The zero-order valence-corrected chi connectivity index (χ0v) is 26.3. The number of aryl methyl sites for hydroxylation is 1. The van der Waals surface area contributed by atoms with Crippen LogP contribution in [0.2, 0.25) is 0 Å². The number of carbonyl (C=O) groups excluding carboxylic acids is 1. The Kier molecular flexibility index (Phi) is 11.9. The van der Waals surface area contributed by atoms with Crippen LogP contribution in [0.15, 0.2) is 79.3 Å². The van der Waals surface area contributed by atoms with E-state index in [1.165, 1.54) is 5.56 Å². The molecule has 0 aliphatic carbocycles. The van der Waals surface area contributed by atoms with E-state index < -0.39 is 20.2 Å². The van der Waals surface area contributed by atoms with Gasteiger partial charge in [-0.15, -0.1) is 0 Å². The zero-order valence-electron chi connectivity index (χ0n) is 24.3. The van der Waals surface area contributed by atoms with Gasteiger partial charge in [-0.3, -0.25) is 19.6 Å². The Morgan fingerprint density at radius 3 is 2.52 bits per heavy atom. The molecule has 0 bridgehead atoms. The second-order valence-electron chi connectivity index (χ2n) is 9.72. The predicted octanol–water partition coefficient (Wildman–Crippen LogP) is 0.780. The summed E-state index contributed by atoms with van der Waals surface area (Å²) in [6.45, 7) is 7.68. The number of hydrogen-bond donors (Lipinski definition) is 5. The summed E-state index contributed by atoms with van der Waals surface area (Å²) in [7, 11) is 0.772. The molecule has 5 rings (SSSR count). The van der Waals surface area contributed by atoms with Crippen molar-refractivity contribution in [3.05, 3.63) is 95.9 Å². The molecular weight excluding hydrogens is 665 g/mol. The average Bonchev–Trinajstić information content (AvgIpc) is 3.05. The van der Waals surface area contributed by atoms with Crippen molar-refractivity contribution in [2.45, 2.75) is 13.5 Å². The Morgan fingerprint density at radius 1 is 1.07 bits per heavy atom. The molecule has 42 heavy (non-hydrogen) atoms. The Balaban J connectivity index is 0.000000996. The van der Waals surface area contributed by atoms with Crippen molar-refractivity contribution in [2.75, 3.05) is 50.0 Å². The molecule has 2 aromatic carbocycles. The molecule has 1 amide bonds. The number of nitrogens with zero attached hydrogens (tertiary/aromatic N) is 5. The minimum atomic E-state index is -0.806. The van der Waals surface area contributed by atoms with E-state index >= 15 is 0 Å². The molecule has 222 valence electrons. The number of nitrogens with one attached hydrogen (secondary N) is 2. The molecule has 0 atom stereocenters. The van der Waals surface area contributed by atoms with Gasteiger partial charge in [0.15, 0.2) is 0 Å². The fraction of sp³-hybridized carbons (Fsp3) is 0.267. The number of halogens is 1. The number of pyridine rings is 1. The summed E-state index contributed by atoms with van der Waals surface area (Å²) < 4.78 is 13.9. The Hall–Kier alpha value is -3.14. The van der Waals surface area contributed by atoms with Gasteiger partial charge in [0.05, 0.1) is 12.3 Å². The number of carbonyl (C=O) groups is 1. The fourth-order valence-electron chi connectivity index (χ4n) is 4.58. The molecule has 0 spiro atoms. The molecule has 4 aromatic rings. The molecule has 12 heteroatoms. The summed E-state index contributed by atoms with van der Waals surface area (Å²) >= 11 is -0.806. The molecule has 1 aliphatic rings. The summed E-state index contributed by atoms with van der Waals surface area (Å²) in [6, 6.07) is 19.2. The third kappa shape index (κ3) is 9.44. The van der Waals surface area contributed by atoms with Crippen LogP contribution in [0.25, 0.3) is 11.3 Å². The number of β-amino-alcohol motifs (C(OH)–C–C–N with tert-alkyl or cyclic N) is 1. The van der Waals surface area contributed by atoms with Crippen LogP contribution in [0.4, 0.5) is 17.3 Å². The molecule has 1 aliphatic heterocycles. The first-order valence-corrected chi connectivity index (χ1v) is 17.4. The second kappa shape index (κ2) is 16.5. The molecule has 1 fully saturated rings. The monoisotopic (exact) mass is 702 g/mol. The summed E-state index contributed by atoms with van der Waals surface area (Å²) in [5, 5.41) is 15.4. The molecule has 3 heterocycles. The number of benzene rings is 2. The number of piperazine rings is 1. The summed E-state index contributed by atoms with van der Waals surface area (Å²) in [5.74, 6) is 0.303. The van der Waals surface area contributed by atoms with Crippen molar-refractivity contribution in [2.24, 2.45) is 0 Å². The van der Waals surface area contributed by atoms with Crippen molar-refractivity contribution >= 4 is 32.9 Å². The van der Waals surface area contributed by atoms with Crippen LogP contribution >= 0.6 is 9.70 Å². The number of aliphatic hydroxyl groups excluding tert-OH is 1. The first kappa shape index (κ1) is 30.3.